The number of rotatable bonds is 7. The van der Waals surface area contributed by atoms with Gasteiger partial charge in [0.15, 0.2) is 0 Å². The molecule has 1 aromatic heterocycles. The largest absolute Gasteiger partial charge is 0.268 e. The Bertz CT molecular complexity index is 946. The molecule has 8 heteroatoms. The molecule has 1 aromatic carbocycles. The Labute approximate surface area is 150 Å². The monoisotopic (exact) mass is 384 g/mol. The highest BCUT2D eigenvalue weighted by atomic mass is 32.2. The lowest BCUT2D eigenvalue weighted by atomic mass is 10.2. The van der Waals surface area contributed by atoms with Crippen molar-refractivity contribution in [2.75, 3.05) is 0 Å². The van der Waals surface area contributed by atoms with Crippen LogP contribution < -0.4 is 4.72 Å². The maximum Gasteiger partial charge on any atom is 0.268 e. The van der Waals surface area contributed by atoms with Gasteiger partial charge in [-0.1, -0.05) is 31.5 Å². The number of hydrogen-bond acceptors (Lipinski definition) is 4. The summed E-state index contributed by atoms with van der Waals surface area (Å²) >= 11 is 0. The number of benzene rings is 1. The van der Waals surface area contributed by atoms with Gasteiger partial charge in [-0.15, -0.1) is 0 Å². The van der Waals surface area contributed by atoms with Crippen molar-refractivity contribution in [1.29, 1.82) is 0 Å². The molecule has 1 atom stereocenters. The van der Waals surface area contributed by atoms with E-state index in [-0.39, 0.29) is 21.5 Å². The molecule has 0 bridgehead atoms. The van der Waals surface area contributed by atoms with E-state index < -0.39 is 20.0 Å². The van der Waals surface area contributed by atoms with Gasteiger partial charge in [-0.3, -0.25) is 0 Å². The van der Waals surface area contributed by atoms with E-state index in [2.05, 4.69) is 4.72 Å². The predicted molar refractivity (Wildman–Crippen MR) is 97.6 cm³/mol. The summed E-state index contributed by atoms with van der Waals surface area (Å²) in [4.78, 5) is 0.112. The summed E-state index contributed by atoms with van der Waals surface area (Å²) in [5, 5.41) is 0. The summed E-state index contributed by atoms with van der Waals surface area (Å²) in [5.74, 6) is 0. The van der Waals surface area contributed by atoms with E-state index >= 15 is 0 Å². The molecule has 1 heterocycles. The number of nitrogens with one attached hydrogen (secondary N) is 1. The van der Waals surface area contributed by atoms with Crippen LogP contribution in [0.5, 0.6) is 0 Å². The highest BCUT2D eigenvalue weighted by Crippen LogP contribution is 2.25. The summed E-state index contributed by atoms with van der Waals surface area (Å²) in [7, 11) is -7.65. The number of aromatic nitrogens is 1. The van der Waals surface area contributed by atoms with E-state index in [4.69, 9.17) is 0 Å². The van der Waals surface area contributed by atoms with Crippen molar-refractivity contribution in [1.82, 2.24) is 8.69 Å². The first kappa shape index (κ1) is 19.7. The average molecular weight is 385 g/mol. The van der Waals surface area contributed by atoms with Crippen LogP contribution in [-0.2, 0) is 20.0 Å². The topological polar surface area (TPSA) is 85.2 Å². The van der Waals surface area contributed by atoms with Gasteiger partial charge < -0.3 is 0 Å². The number of hydrogen-bond donors (Lipinski definition) is 1. The Morgan fingerprint density at radius 1 is 1.08 bits per heavy atom. The van der Waals surface area contributed by atoms with Gasteiger partial charge in [-0.2, -0.15) is 0 Å². The van der Waals surface area contributed by atoms with Gasteiger partial charge in [-0.25, -0.2) is 25.5 Å². The highest BCUT2D eigenvalue weighted by molar-refractivity contribution is 7.90. The number of nitrogens with zero attached hydrogens (tertiary/aromatic N) is 1. The van der Waals surface area contributed by atoms with Crippen LogP contribution >= 0.6 is 0 Å². The lowest BCUT2D eigenvalue weighted by Gasteiger charge is -2.14. The molecule has 0 aliphatic heterocycles. The Balaban J connectivity index is 2.52. The van der Waals surface area contributed by atoms with Crippen molar-refractivity contribution in [2.45, 2.75) is 56.4 Å². The van der Waals surface area contributed by atoms with Crippen molar-refractivity contribution < 1.29 is 16.8 Å². The smallest absolute Gasteiger partial charge is 0.242 e. The summed E-state index contributed by atoms with van der Waals surface area (Å²) in [6.07, 6.45) is 1.56. The van der Waals surface area contributed by atoms with Crippen LogP contribution in [-0.4, -0.2) is 26.8 Å². The molecule has 0 aliphatic rings. The summed E-state index contributed by atoms with van der Waals surface area (Å²) < 4.78 is 54.8. The van der Waals surface area contributed by atoms with Crippen LogP contribution in [0, 0.1) is 13.8 Å². The fourth-order valence-corrected chi connectivity index (χ4v) is 6.12. The van der Waals surface area contributed by atoms with E-state index in [1.165, 1.54) is 25.1 Å². The second kappa shape index (κ2) is 7.31. The normalized spacial score (nSPS) is 13.8. The first-order chi connectivity index (χ1) is 11.6. The van der Waals surface area contributed by atoms with E-state index in [0.717, 1.165) is 10.4 Å². The summed E-state index contributed by atoms with van der Waals surface area (Å²) in [6, 6.07) is 9.15. The molecule has 0 amide bonds. The number of aryl methyl sites for hydroxylation is 1. The zero-order valence-corrected chi connectivity index (χ0v) is 16.5. The Morgan fingerprint density at radius 2 is 1.68 bits per heavy atom. The fraction of sp³-hybridized carbons (Fsp3) is 0.412. The van der Waals surface area contributed by atoms with E-state index in [0.29, 0.717) is 12.1 Å². The van der Waals surface area contributed by atoms with Gasteiger partial charge >= 0.3 is 0 Å². The van der Waals surface area contributed by atoms with Gasteiger partial charge in [0.25, 0.3) is 10.0 Å². The van der Waals surface area contributed by atoms with Gasteiger partial charge in [-0.05, 0) is 45.4 Å². The second-order valence-corrected chi connectivity index (χ2v) is 9.60. The zero-order valence-electron chi connectivity index (χ0n) is 14.9. The Morgan fingerprint density at radius 3 is 2.24 bits per heavy atom. The molecular formula is C17H24N2O4S2. The van der Waals surface area contributed by atoms with Gasteiger partial charge in [0.2, 0.25) is 10.0 Å². The van der Waals surface area contributed by atoms with Crippen LogP contribution in [0.1, 0.15) is 38.1 Å². The average Bonchev–Trinajstić information content (AvgIpc) is 2.84. The maximum absolute atomic E-state index is 12.9. The van der Waals surface area contributed by atoms with Crippen LogP contribution in [0.4, 0.5) is 0 Å². The maximum atomic E-state index is 12.9. The highest BCUT2D eigenvalue weighted by Gasteiger charge is 2.28. The van der Waals surface area contributed by atoms with Crippen molar-refractivity contribution in [3.8, 4) is 0 Å². The second-order valence-electron chi connectivity index (χ2n) is 6.13. The molecule has 138 valence electrons. The molecule has 0 saturated carbocycles. The Hall–Kier alpha value is -1.64. The molecule has 0 saturated heterocycles. The summed E-state index contributed by atoms with van der Waals surface area (Å²) in [6.45, 7) is 6.86. The minimum atomic E-state index is -3.85. The SMILES string of the molecule is CCC[C@@H](C)NS(=O)(=O)c1cc(C)n(S(=O)(=O)c2ccccc2)c1C. The van der Waals surface area contributed by atoms with Gasteiger partial charge in [0.1, 0.15) is 4.90 Å². The van der Waals surface area contributed by atoms with Crippen LogP contribution in [0.2, 0.25) is 0 Å². The van der Waals surface area contributed by atoms with Crippen molar-refractivity contribution in [2.24, 2.45) is 0 Å². The Kier molecular flexibility index (Phi) is 5.75. The molecule has 0 fully saturated rings. The van der Waals surface area contributed by atoms with E-state index in [1.54, 1.807) is 32.0 Å². The van der Waals surface area contributed by atoms with E-state index in [1.807, 2.05) is 6.92 Å². The molecule has 25 heavy (non-hydrogen) atoms. The molecule has 1 N–H and O–H groups in total. The van der Waals surface area contributed by atoms with E-state index in [9.17, 15) is 16.8 Å². The standard InChI is InChI=1S/C17H24N2O4S2/c1-5-9-13(2)18-24(20,21)17-12-14(3)19(15(17)4)25(22,23)16-10-7-6-8-11-16/h6-8,10-13,18H,5,9H2,1-4H3/t13-/m1/s1. The minimum Gasteiger partial charge on any atom is -0.242 e. The first-order valence-electron chi connectivity index (χ1n) is 8.13. The molecule has 0 radical (unpaired) electrons. The van der Waals surface area contributed by atoms with Crippen molar-refractivity contribution in [3.63, 3.8) is 0 Å². The van der Waals surface area contributed by atoms with Crippen LogP contribution in [0.25, 0.3) is 0 Å². The molecular weight excluding hydrogens is 360 g/mol. The molecule has 0 unspecified atom stereocenters. The van der Waals surface area contributed by atoms with Gasteiger partial charge in [0.05, 0.1) is 10.6 Å². The predicted octanol–water partition coefficient (Wildman–Crippen LogP) is 2.81. The molecule has 2 aromatic rings. The third-order valence-corrected chi connectivity index (χ3v) is 7.59. The van der Waals surface area contributed by atoms with Crippen LogP contribution in [0.3, 0.4) is 0 Å². The molecule has 2 rings (SSSR count). The third kappa shape index (κ3) is 3.96. The van der Waals surface area contributed by atoms with Crippen molar-refractivity contribution >= 4 is 20.0 Å². The molecule has 6 nitrogen and oxygen atoms in total. The van der Waals surface area contributed by atoms with Gasteiger partial charge in [0, 0.05) is 11.7 Å². The van der Waals surface area contributed by atoms with Crippen LogP contribution in [0.15, 0.2) is 46.2 Å². The number of sulfonamides is 1. The third-order valence-electron chi connectivity index (χ3n) is 3.97. The summed E-state index contributed by atoms with van der Waals surface area (Å²) in [5.41, 5.74) is 0.530. The quantitative estimate of drug-likeness (QED) is 0.795. The minimum absolute atomic E-state index is 0.00698. The van der Waals surface area contributed by atoms with Crippen molar-refractivity contribution in [3.05, 3.63) is 47.8 Å². The molecule has 0 spiro atoms. The first-order valence-corrected chi connectivity index (χ1v) is 11.1. The zero-order chi connectivity index (χ0) is 18.8. The lowest BCUT2D eigenvalue weighted by molar-refractivity contribution is 0.543. The fourth-order valence-electron chi connectivity index (χ4n) is 2.88. The molecule has 0 aliphatic carbocycles. The lowest BCUT2D eigenvalue weighted by Crippen LogP contribution is -2.32.